The first-order valence-electron chi connectivity index (χ1n) is 8.31. The zero-order valence-corrected chi connectivity index (χ0v) is 15.8. The molecule has 2 aromatic carbocycles. The van der Waals surface area contributed by atoms with Crippen molar-refractivity contribution in [3.8, 4) is 22.8 Å². The number of thiazole rings is 1. The standard InChI is InChI=1S/C19H15N3O5S/c1-26-12-4-5-13-11(7-12)9-16-17(13)20-19(28-16)21-18(23)10-3-6-15(27-2)14(8-10)22(24)25/h3-8H,9H2,1-2H3,(H,20,21,23). The Hall–Kier alpha value is -3.46. The van der Waals surface area contributed by atoms with Gasteiger partial charge in [0.05, 0.1) is 24.8 Å². The quantitative estimate of drug-likeness (QED) is 0.405. The lowest BCUT2D eigenvalue weighted by atomic mass is 10.1. The van der Waals surface area contributed by atoms with E-state index in [9.17, 15) is 14.9 Å². The van der Waals surface area contributed by atoms with Crippen LogP contribution >= 0.6 is 11.3 Å². The number of rotatable bonds is 5. The molecular weight excluding hydrogens is 382 g/mol. The zero-order chi connectivity index (χ0) is 19.8. The van der Waals surface area contributed by atoms with Gasteiger partial charge in [0, 0.05) is 28.5 Å². The summed E-state index contributed by atoms with van der Waals surface area (Å²) in [5, 5.41) is 14.3. The highest BCUT2D eigenvalue weighted by atomic mass is 32.1. The zero-order valence-electron chi connectivity index (χ0n) is 15.0. The number of hydrogen-bond acceptors (Lipinski definition) is 7. The Morgan fingerprint density at radius 1 is 1.21 bits per heavy atom. The largest absolute Gasteiger partial charge is 0.497 e. The van der Waals surface area contributed by atoms with Crippen molar-refractivity contribution in [2.24, 2.45) is 0 Å². The Balaban J connectivity index is 1.57. The minimum absolute atomic E-state index is 0.0989. The second-order valence-corrected chi connectivity index (χ2v) is 7.17. The molecule has 3 aromatic rings. The van der Waals surface area contributed by atoms with Gasteiger partial charge in [-0.05, 0) is 35.9 Å². The molecule has 28 heavy (non-hydrogen) atoms. The first-order valence-corrected chi connectivity index (χ1v) is 9.12. The van der Waals surface area contributed by atoms with Crippen LogP contribution in [0.2, 0.25) is 0 Å². The summed E-state index contributed by atoms with van der Waals surface area (Å²) >= 11 is 1.39. The predicted molar refractivity (Wildman–Crippen MR) is 105 cm³/mol. The number of anilines is 1. The van der Waals surface area contributed by atoms with Crippen molar-refractivity contribution >= 4 is 28.1 Å². The van der Waals surface area contributed by atoms with Gasteiger partial charge in [0.15, 0.2) is 10.9 Å². The van der Waals surface area contributed by atoms with Crippen LogP contribution in [0.5, 0.6) is 11.5 Å². The lowest BCUT2D eigenvalue weighted by molar-refractivity contribution is -0.385. The number of nitro benzene ring substituents is 1. The van der Waals surface area contributed by atoms with E-state index in [0.29, 0.717) is 5.13 Å². The number of benzene rings is 2. The number of methoxy groups -OCH3 is 2. The highest BCUT2D eigenvalue weighted by Crippen LogP contribution is 2.42. The van der Waals surface area contributed by atoms with Crippen LogP contribution in [0.15, 0.2) is 36.4 Å². The molecule has 1 amide bonds. The van der Waals surface area contributed by atoms with Crippen LogP contribution in [0.1, 0.15) is 20.8 Å². The minimum Gasteiger partial charge on any atom is -0.497 e. The molecule has 0 bridgehead atoms. The molecule has 0 saturated heterocycles. The fourth-order valence-electron chi connectivity index (χ4n) is 3.13. The summed E-state index contributed by atoms with van der Waals surface area (Å²) in [6, 6.07) is 9.89. The van der Waals surface area contributed by atoms with Gasteiger partial charge in [0.25, 0.3) is 5.91 Å². The van der Waals surface area contributed by atoms with Gasteiger partial charge < -0.3 is 9.47 Å². The lowest BCUT2D eigenvalue weighted by Crippen LogP contribution is -2.12. The number of nitro groups is 1. The number of nitrogens with zero attached hydrogens (tertiary/aromatic N) is 2. The molecule has 0 atom stereocenters. The molecule has 4 rings (SSSR count). The summed E-state index contributed by atoms with van der Waals surface area (Å²) in [6.45, 7) is 0. The predicted octanol–water partition coefficient (Wildman–Crippen LogP) is 3.89. The summed E-state index contributed by atoms with van der Waals surface area (Å²) in [7, 11) is 2.97. The number of carbonyl (C=O) groups excluding carboxylic acids is 1. The molecule has 0 spiro atoms. The second kappa shape index (κ2) is 6.93. The van der Waals surface area contributed by atoms with Crippen molar-refractivity contribution in [1.29, 1.82) is 0 Å². The number of ether oxygens (including phenoxy) is 2. The Bertz CT molecular complexity index is 1110. The van der Waals surface area contributed by atoms with E-state index in [0.717, 1.165) is 33.9 Å². The molecule has 8 nitrogen and oxygen atoms in total. The normalized spacial score (nSPS) is 11.5. The first kappa shape index (κ1) is 17.9. The van der Waals surface area contributed by atoms with Crippen molar-refractivity contribution in [1.82, 2.24) is 4.98 Å². The fourth-order valence-corrected chi connectivity index (χ4v) is 4.12. The number of fused-ring (bicyclic) bond motifs is 3. The van der Waals surface area contributed by atoms with Crippen molar-refractivity contribution in [3.63, 3.8) is 0 Å². The van der Waals surface area contributed by atoms with Gasteiger partial charge in [-0.3, -0.25) is 20.2 Å². The summed E-state index contributed by atoms with van der Waals surface area (Å²) in [5.41, 5.74) is 2.90. The Kier molecular flexibility index (Phi) is 4.44. The molecule has 0 aliphatic heterocycles. The third-order valence-electron chi connectivity index (χ3n) is 4.47. The van der Waals surface area contributed by atoms with Crippen LogP contribution in [-0.2, 0) is 6.42 Å². The molecule has 1 aromatic heterocycles. The molecule has 142 valence electrons. The Morgan fingerprint density at radius 3 is 2.75 bits per heavy atom. The summed E-state index contributed by atoms with van der Waals surface area (Å²) in [6.07, 6.45) is 0.726. The Labute approximate surface area is 163 Å². The molecule has 0 saturated carbocycles. The van der Waals surface area contributed by atoms with Crippen molar-refractivity contribution in [2.75, 3.05) is 19.5 Å². The van der Waals surface area contributed by atoms with Gasteiger partial charge in [0.2, 0.25) is 0 Å². The van der Waals surface area contributed by atoms with E-state index in [1.165, 1.54) is 36.6 Å². The maximum atomic E-state index is 12.5. The van der Waals surface area contributed by atoms with Crippen LogP contribution in [0.25, 0.3) is 11.3 Å². The number of nitrogens with one attached hydrogen (secondary N) is 1. The number of hydrogen-bond donors (Lipinski definition) is 1. The average Bonchev–Trinajstić information content (AvgIpc) is 3.23. The third kappa shape index (κ3) is 3.05. The first-order chi connectivity index (χ1) is 13.5. The van der Waals surface area contributed by atoms with E-state index in [4.69, 9.17) is 9.47 Å². The molecule has 0 unspecified atom stereocenters. The molecule has 0 radical (unpaired) electrons. The molecule has 1 aliphatic rings. The van der Waals surface area contributed by atoms with E-state index in [1.807, 2.05) is 18.2 Å². The smallest absolute Gasteiger partial charge is 0.311 e. The molecule has 0 fully saturated rings. The van der Waals surface area contributed by atoms with Crippen LogP contribution in [0.3, 0.4) is 0 Å². The second-order valence-electron chi connectivity index (χ2n) is 6.09. The van der Waals surface area contributed by atoms with Gasteiger partial charge in [-0.25, -0.2) is 4.98 Å². The summed E-state index contributed by atoms with van der Waals surface area (Å²) in [4.78, 5) is 28.7. The number of carbonyl (C=O) groups is 1. The maximum absolute atomic E-state index is 12.5. The van der Waals surface area contributed by atoms with Gasteiger partial charge >= 0.3 is 5.69 Å². The average molecular weight is 397 g/mol. The van der Waals surface area contributed by atoms with Gasteiger partial charge in [-0.2, -0.15) is 0 Å². The molecule has 1 aliphatic carbocycles. The van der Waals surface area contributed by atoms with Gasteiger partial charge in [-0.1, -0.05) is 0 Å². The highest BCUT2D eigenvalue weighted by Gasteiger charge is 2.25. The van der Waals surface area contributed by atoms with E-state index < -0.39 is 10.8 Å². The minimum atomic E-state index is -0.585. The topological polar surface area (TPSA) is 104 Å². The maximum Gasteiger partial charge on any atom is 0.311 e. The summed E-state index contributed by atoms with van der Waals surface area (Å²) < 4.78 is 10.2. The van der Waals surface area contributed by atoms with E-state index in [2.05, 4.69) is 10.3 Å². The Morgan fingerprint density at radius 2 is 2.04 bits per heavy atom. The third-order valence-corrected chi connectivity index (χ3v) is 5.44. The van der Waals surface area contributed by atoms with Gasteiger partial charge in [0.1, 0.15) is 5.75 Å². The van der Waals surface area contributed by atoms with Crippen LogP contribution in [0, 0.1) is 10.1 Å². The summed E-state index contributed by atoms with van der Waals surface area (Å²) in [5.74, 6) is 0.429. The lowest BCUT2D eigenvalue weighted by Gasteiger charge is -2.06. The van der Waals surface area contributed by atoms with Crippen LogP contribution < -0.4 is 14.8 Å². The molecule has 9 heteroatoms. The van der Waals surface area contributed by atoms with E-state index in [1.54, 1.807) is 7.11 Å². The van der Waals surface area contributed by atoms with E-state index in [-0.39, 0.29) is 17.0 Å². The fraction of sp³-hybridized carbons (Fsp3) is 0.158. The number of aromatic nitrogens is 1. The monoisotopic (exact) mass is 397 g/mol. The van der Waals surface area contributed by atoms with Crippen molar-refractivity contribution < 1.29 is 19.2 Å². The van der Waals surface area contributed by atoms with Crippen LogP contribution in [0.4, 0.5) is 10.8 Å². The molecule has 1 heterocycles. The highest BCUT2D eigenvalue weighted by molar-refractivity contribution is 7.16. The van der Waals surface area contributed by atoms with Gasteiger partial charge in [-0.15, -0.1) is 11.3 Å². The molecular formula is C19H15N3O5S. The van der Waals surface area contributed by atoms with E-state index >= 15 is 0 Å². The van der Waals surface area contributed by atoms with Crippen LogP contribution in [-0.4, -0.2) is 30.0 Å². The molecule has 1 N–H and O–H groups in total. The SMILES string of the molecule is COc1ccc2c(c1)Cc1sc(NC(=O)c3ccc(OC)c([N+](=O)[O-])c3)nc1-2. The van der Waals surface area contributed by atoms with Crippen molar-refractivity contribution in [3.05, 3.63) is 62.5 Å². The van der Waals surface area contributed by atoms with Crippen molar-refractivity contribution in [2.45, 2.75) is 6.42 Å². The number of amides is 1.